The third kappa shape index (κ3) is 3.50. The molecule has 8 heteroatoms. The van der Waals surface area contributed by atoms with E-state index in [-0.39, 0.29) is 16.9 Å². The van der Waals surface area contributed by atoms with Crippen LogP contribution in [0.5, 0.6) is 0 Å². The number of nitrogens with zero attached hydrogens (tertiary/aromatic N) is 1. The number of thiazole rings is 1. The van der Waals surface area contributed by atoms with Crippen molar-refractivity contribution < 1.29 is 13.2 Å². The summed E-state index contributed by atoms with van der Waals surface area (Å²) in [5, 5.41) is 1.93. The summed E-state index contributed by atoms with van der Waals surface area (Å²) < 4.78 is 27.0. The molecule has 2 atom stereocenters. The van der Waals surface area contributed by atoms with Crippen LogP contribution in [0.4, 0.5) is 0 Å². The van der Waals surface area contributed by atoms with Gasteiger partial charge in [0.1, 0.15) is 5.01 Å². The Labute approximate surface area is 145 Å². The van der Waals surface area contributed by atoms with Gasteiger partial charge in [0, 0.05) is 16.9 Å². The van der Waals surface area contributed by atoms with Crippen LogP contribution >= 0.6 is 11.3 Å². The third-order valence-corrected chi connectivity index (χ3v) is 6.58. The van der Waals surface area contributed by atoms with E-state index in [2.05, 4.69) is 9.71 Å². The van der Waals surface area contributed by atoms with Gasteiger partial charge < -0.3 is 5.73 Å². The first-order valence-corrected chi connectivity index (χ1v) is 10.1. The van der Waals surface area contributed by atoms with Gasteiger partial charge in [0.2, 0.25) is 5.91 Å². The van der Waals surface area contributed by atoms with Gasteiger partial charge in [-0.05, 0) is 25.3 Å². The highest BCUT2D eigenvalue weighted by Crippen LogP contribution is 2.31. The predicted molar refractivity (Wildman–Crippen MR) is 92.8 cm³/mol. The molecule has 0 aliphatic heterocycles. The summed E-state index contributed by atoms with van der Waals surface area (Å²) in [5.41, 5.74) is 6.51. The fourth-order valence-corrected chi connectivity index (χ4v) is 5.15. The number of nitrogens with two attached hydrogens (primary N) is 1. The average Bonchev–Trinajstić information content (AvgIpc) is 3.24. The SMILES string of the molecule is NCC1CCCC1C(=O)NS(=O)(=O)c1csc(-c2ccccc2)n1. The highest BCUT2D eigenvalue weighted by Gasteiger charge is 2.34. The molecule has 2 unspecified atom stereocenters. The Bertz CT molecular complexity index is 818. The Morgan fingerprint density at radius 2 is 2.04 bits per heavy atom. The number of sulfonamides is 1. The van der Waals surface area contributed by atoms with Crippen molar-refractivity contribution in [3.63, 3.8) is 0 Å². The molecule has 0 spiro atoms. The fourth-order valence-electron chi connectivity index (χ4n) is 3.02. The van der Waals surface area contributed by atoms with Gasteiger partial charge in [-0.25, -0.2) is 9.71 Å². The molecule has 6 nitrogen and oxygen atoms in total. The van der Waals surface area contributed by atoms with Crippen molar-refractivity contribution in [3.8, 4) is 10.6 Å². The van der Waals surface area contributed by atoms with E-state index in [4.69, 9.17) is 5.73 Å². The summed E-state index contributed by atoms with van der Waals surface area (Å²) in [6.45, 7) is 0.396. The van der Waals surface area contributed by atoms with E-state index < -0.39 is 15.9 Å². The van der Waals surface area contributed by atoms with Gasteiger partial charge in [0.25, 0.3) is 10.0 Å². The molecule has 1 aromatic heterocycles. The lowest BCUT2D eigenvalue weighted by Gasteiger charge is -2.16. The van der Waals surface area contributed by atoms with Gasteiger partial charge in [0.15, 0.2) is 5.03 Å². The summed E-state index contributed by atoms with van der Waals surface area (Å²) in [6, 6.07) is 9.32. The number of benzene rings is 1. The van der Waals surface area contributed by atoms with Crippen LogP contribution < -0.4 is 10.5 Å². The maximum atomic E-state index is 12.4. The molecule has 1 aliphatic rings. The normalized spacial score (nSPS) is 20.9. The molecule has 24 heavy (non-hydrogen) atoms. The van der Waals surface area contributed by atoms with Gasteiger partial charge in [-0.1, -0.05) is 36.8 Å². The first-order chi connectivity index (χ1) is 11.5. The lowest BCUT2D eigenvalue weighted by atomic mass is 9.96. The second kappa shape index (κ2) is 7.00. The fraction of sp³-hybridized carbons (Fsp3) is 0.375. The molecule has 0 bridgehead atoms. The van der Waals surface area contributed by atoms with Crippen LogP contribution in [0.3, 0.4) is 0 Å². The number of aromatic nitrogens is 1. The molecule has 2 aromatic rings. The Morgan fingerprint density at radius 3 is 2.75 bits per heavy atom. The maximum absolute atomic E-state index is 12.4. The number of amides is 1. The number of carbonyl (C=O) groups is 1. The summed E-state index contributed by atoms with van der Waals surface area (Å²) in [7, 11) is -3.96. The Morgan fingerprint density at radius 1 is 1.29 bits per heavy atom. The number of carbonyl (C=O) groups excluding carboxylic acids is 1. The Hall–Kier alpha value is -1.77. The quantitative estimate of drug-likeness (QED) is 0.843. The lowest BCUT2D eigenvalue weighted by Crippen LogP contribution is -2.38. The molecule has 1 saturated carbocycles. The predicted octanol–water partition coefficient (Wildman–Crippen LogP) is 1.99. The summed E-state index contributed by atoms with van der Waals surface area (Å²) in [5.74, 6) is -0.760. The monoisotopic (exact) mass is 365 g/mol. The largest absolute Gasteiger partial charge is 0.330 e. The van der Waals surface area contributed by atoms with Crippen LogP contribution in [0.2, 0.25) is 0 Å². The van der Waals surface area contributed by atoms with Gasteiger partial charge >= 0.3 is 0 Å². The van der Waals surface area contributed by atoms with E-state index in [1.54, 1.807) is 0 Å². The van der Waals surface area contributed by atoms with Crippen molar-refractivity contribution in [2.45, 2.75) is 24.3 Å². The van der Waals surface area contributed by atoms with E-state index in [0.29, 0.717) is 18.0 Å². The average molecular weight is 365 g/mol. The van der Waals surface area contributed by atoms with Crippen LogP contribution in [0.1, 0.15) is 19.3 Å². The minimum atomic E-state index is -3.96. The van der Waals surface area contributed by atoms with Crippen LogP contribution in [0, 0.1) is 11.8 Å². The topological polar surface area (TPSA) is 102 Å². The van der Waals surface area contributed by atoms with Crippen LogP contribution in [-0.4, -0.2) is 25.9 Å². The maximum Gasteiger partial charge on any atom is 0.282 e. The molecule has 1 aliphatic carbocycles. The minimum Gasteiger partial charge on any atom is -0.330 e. The summed E-state index contributed by atoms with van der Waals surface area (Å²) >= 11 is 1.23. The molecule has 0 radical (unpaired) electrons. The number of nitrogens with one attached hydrogen (secondary N) is 1. The zero-order chi connectivity index (χ0) is 17.2. The van der Waals surface area contributed by atoms with Gasteiger partial charge in [-0.3, -0.25) is 4.79 Å². The van der Waals surface area contributed by atoms with Crippen molar-refractivity contribution in [2.24, 2.45) is 17.6 Å². The van der Waals surface area contributed by atoms with Crippen molar-refractivity contribution in [2.75, 3.05) is 6.54 Å². The van der Waals surface area contributed by atoms with Gasteiger partial charge in [0.05, 0.1) is 0 Å². The highest BCUT2D eigenvalue weighted by atomic mass is 32.2. The zero-order valence-corrected chi connectivity index (χ0v) is 14.6. The van der Waals surface area contributed by atoms with E-state index in [0.717, 1.165) is 18.4 Å². The molecule has 1 amide bonds. The minimum absolute atomic E-state index is 0.0514. The molecule has 3 N–H and O–H groups in total. The first kappa shape index (κ1) is 17.1. The molecule has 1 aromatic carbocycles. The zero-order valence-electron chi connectivity index (χ0n) is 13.0. The van der Waals surface area contributed by atoms with Crippen LogP contribution in [0.25, 0.3) is 10.6 Å². The van der Waals surface area contributed by atoms with E-state index in [1.165, 1.54) is 16.7 Å². The van der Waals surface area contributed by atoms with Crippen molar-refractivity contribution in [3.05, 3.63) is 35.7 Å². The number of rotatable bonds is 5. The number of hydrogen-bond donors (Lipinski definition) is 2. The van der Waals surface area contributed by atoms with Crippen LogP contribution in [-0.2, 0) is 14.8 Å². The molecule has 0 saturated heterocycles. The Balaban J connectivity index is 1.76. The van der Waals surface area contributed by atoms with E-state index >= 15 is 0 Å². The van der Waals surface area contributed by atoms with Gasteiger partial charge in [-0.2, -0.15) is 8.42 Å². The van der Waals surface area contributed by atoms with Crippen molar-refractivity contribution in [1.82, 2.24) is 9.71 Å². The third-order valence-electron chi connectivity index (χ3n) is 4.31. The molecular formula is C16H19N3O3S2. The van der Waals surface area contributed by atoms with E-state index in [1.807, 2.05) is 30.3 Å². The van der Waals surface area contributed by atoms with Crippen molar-refractivity contribution >= 4 is 27.3 Å². The van der Waals surface area contributed by atoms with Crippen LogP contribution in [0.15, 0.2) is 40.7 Å². The Kier molecular flexibility index (Phi) is 4.98. The highest BCUT2D eigenvalue weighted by molar-refractivity contribution is 7.90. The molecule has 128 valence electrons. The van der Waals surface area contributed by atoms with E-state index in [9.17, 15) is 13.2 Å². The molecular weight excluding hydrogens is 346 g/mol. The smallest absolute Gasteiger partial charge is 0.282 e. The molecule has 1 fully saturated rings. The number of hydrogen-bond acceptors (Lipinski definition) is 6. The summed E-state index contributed by atoms with van der Waals surface area (Å²) in [6.07, 6.45) is 2.44. The van der Waals surface area contributed by atoms with Crippen molar-refractivity contribution in [1.29, 1.82) is 0 Å². The molecule has 1 heterocycles. The second-order valence-electron chi connectivity index (χ2n) is 5.86. The standard InChI is InChI=1S/C16H19N3O3S2/c17-9-12-7-4-8-13(12)15(20)19-24(21,22)14-10-23-16(18-14)11-5-2-1-3-6-11/h1-3,5-6,10,12-13H,4,7-9,17H2,(H,19,20). The summed E-state index contributed by atoms with van der Waals surface area (Å²) in [4.78, 5) is 16.5. The molecule has 3 rings (SSSR count). The second-order valence-corrected chi connectivity index (χ2v) is 8.35. The lowest BCUT2D eigenvalue weighted by molar-refractivity contribution is -0.124. The van der Waals surface area contributed by atoms with Gasteiger partial charge in [-0.15, -0.1) is 11.3 Å². The first-order valence-electron chi connectivity index (χ1n) is 7.79.